The number of allylic oxidation sites excluding steroid dienone is 6. The van der Waals surface area contributed by atoms with E-state index in [1.54, 1.807) is 0 Å². The number of aliphatic hydroxyl groups is 2. The van der Waals surface area contributed by atoms with Gasteiger partial charge in [-0.05, 0) is 83.5 Å². The first-order valence-electron chi connectivity index (χ1n) is 41.2. The first kappa shape index (κ1) is 88.1. The lowest BCUT2D eigenvalue weighted by Crippen LogP contribution is -2.45. The van der Waals surface area contributed by atoms with Crippen LogP contribution in [0.25, 0.3) is 0 Å². The highest BCUT2D eigenvalue weighted by Gasteiger charge is 2.20. The molecule has 6 heteroatoms. The lowest BCUT2D eigenvalue weighted by atomic mass is 10.0. The molecule has 0 fully saturated rings. The van der Waals surface area contributed by atoms with E-state index < -0.39 is 12.1 Å². The van der Waals surface area contributed by atoms with Gasteiger partial charge in [-0.15, -0.1) is 0 Å². The molecule has 0 aliphatic rings. The predicted octanol–water partition coefficient (Wildman–Crippen LogP) is 27.4. The number of hydrogen-bond donors (Lipinski definition) is 3. The van der Waals surface area contributed by atoms with Gasteiger partial charge in [-0.3, -0.25) is 9.59 Å². The summed E-state index contributed by atoms with van der Waals surface area (Å²) in [6.07, 6.45) is 104. The Morgan fingerprint density at radius 1 is 0.311 bits per heavy atom. The van der Waals surface area contributed by atoms with Crippen LogP contribution in [0.2, 0.25) is 0 Å². The van der Waals surface area contributed by atoms with Crippen LogP contribution in [0, 0.1) is 0 Å². The van der Waals surface area contributed by atoms with Crippen LogP contribution in [0.4, 0.5) is 0 Å². The molecule has 90 heavy (non-hydrogen) atoms. The van der Waals surface area contributed by atoms with Gasteiger partial charge in [-0.25, -0.2) is 0 Å². The van der Waals surface area contributed by atoms with Gasteiger partial charge in [-0.2, -0.15) is 0 Å². The zero-order valence-corrected chi connectivity index (χ0v) is 61.1. The van der Waals surface area contributed by atoms with Gasteiger partial charge in [0.1, 0.15) is 0 Å². The smallest absolute Gasteiger partial charge is 0.305 e. The Morgan fingerprint density at radius 2 is 0.556 bits per heavy atom. The molecule has 0 spiro atoms. The van der Waals surface area contributed by atoms with Crippen LogP contribution < -0.4 is 5.32 Å². The summed E-state index contributed by atoms with van der Waals surface area (Å²) in [6.45, 7) is 5.00. The zero-order chi connectivity index (χ0) is 64.9. The monoisotopic (exact) mass is 1260 g/mol. The molecule has 2 atom stereocenters. The summed E-state index contributed by atoms with van der Waals surface area (Å²) in [5.74, 6) is -0.0176. The Labute approximate surface area is 564 Å². The fourth-order valence-electron chi connectivity index (χ4n) is 13.1. The molecule has 532 valence electrons. The molecule has 2 unspecified atom stereocenters. The van der Waals surface area contributed by atoms with Gasteiger partial charge < -0.3 is 20.3 Å². The predicted molar refractivity (Wildman–Crippen MR) is 398 cm³/mol. The number of unbranched alkanes of at least 4 members (excludes halogenated alkanes) is 61. The average molecular weight is 1270 g/mol. The van der Waals surface area contributed by atoms with E-state index in [0.29, 0.717) is 25.9 Å². The van der Waals surface area contributed by atoms with Crippen molar-refractivity contribution in [2.24, 2.45) is 0 Å². The minimum atomic E-state index is -0.666. The van der Waals surface area contributed by atoms with Crippen LogP contribution in [-0.4, -0.2) is 47.4 Å². The van der Waals surface area contributed by atoms with Crippen molar-refractivity contribution >= 4 is 11.9 Å². The Bertz CT molecular complexity index is 1460. The first-order valence-corrected chi connectivity index (χ1v) is 41.2. The minimum Gasteiger partial charge on any atom is -0.466 e. The van der Waals surface area contributed by atoms with E-state index in [0.717, 1.165) is 51.4 Å². The SMILES string of the molecule is CCCCCCCCC/C=C\CCCCCCCCCC(=O)OCCCCCCCCCCC/C=C\C/C=C\CCCCCCCCCCCCCCCCCC(=O)NC(CO)C(O)CCCCCCCCCCCCCCCCCCCCCCCCCC. The molecule has 6 nitrogen and oxygen atoms in total. The minimum absolute atomic E-state index is 0.0113. The normalized spacial score (nSPS) is 12.6. The highest BCUT2D eigenvalue weighted by Crippen LogP contribution is 2.20. The molecule has 0 radical (unpaired) electrons. The summed E-state index contributed by atoms with van der Waals surface area (Å²) in [7, 11) is 0. The molecule has 0 rings (SSSR count). The van der Waals surface area contributed by atoms with Crippen molar-refractivity contribution in [1.82, 2.24) is 5.32 Å². The van der Waals surface area contributed by atoms with E-state index in [1.807, 2.05) is 0 Å². The summed E-state index contributed by atoms with van der Waals surface area (Å²) in [6, 6.07) is -0.543. The van der Waals surface area contributed by atoms with Crippen molar-refractivity contribution in [3.05, 3.63) is 36.5 Å². The largest absolute Gasteiger partial charge is 0.466 e. The number of carbonyl (C=O) groups is 2. The van der Waals surface area contributed by atoms with Crippen LogP contribution in [0.1, 0.15) is 463 Å². The van der Waals surface area contributed by atoms with Gasteiger partial charge in [-0.1, -0.05) is 403 Å². The van der Waals surface area contributed by atoms with Crippen molar-refractivity contribution < 1.29 is 24.5 Å². The van der Waals surface area contributed by atoms with E-state index in [4.69, 9.17) is 4.74 Å². The number of aliphatic hydroxyl groups excluding tert-OH is 2. The second-order valence-electron chi connectivity index (χ2n) is 28.5. The second kappa shape index (κ2) is 79.5. The van der Waals surface area contributed by atoms with Crippen molar-refractivity contribution in [3.8, 4) is 0 Å². The van der Waals surface area contributed by atoms with Crippen LogP contribution in [0.5, 0.6) is 0 Å². The second-order valence-corrected chi connectivity index (χ2v) is 28.5. The van der Waals surface area contributed by atoms with E-state index in [9.17, 15) is 19.8 Å². The number of amides is 1. The van der Waals surface area contributed by atoms with Crippen LogP contribution in [0.3, 0.4) is 0 Å². The quantitative estimate of drug-likeness (QED) is 0.0320. The Balaban J connectivity index is 3.38. The molecule has 0 aromatic carbocycles. The van der Waals surface area contributed by atoms with Crippen molar-refractivity contribution in [1.29, 1.82) is 0 Å². The van der Waals surface area contributed by atoms with Gasteiger partial charge in [0.2, 0.25) is 5.91 Å². The topological polar surface area (TPSA) is 95.9 Å². The summed E-state index contributed by atoms with van der Waals surface area (Å²) < 4.78 is 5.51. The maximum atomic E-state index is 12.6. The molecule has 1 amide bonds. The average Bonchev–Trinajstić information content (AvgIpc) is 3.72. The Morgan fingerprint density at radius 3 is 0.856 bits per heavy atom. The van der Waals surface area contributed by atoms with Crippen LogP contribution in [-0.2, 0) is 14.3 Å². The third-order valence-electron chi connectivity index (χ3n) is 19.4. The number of hydrogen-bond acceptors (Lipinski definition) is 5. The Hall–Kier alpha value is -1.92. The molecule has 0 bridgehead atoms. The van der Waals surface area contributed by atoms with Crippen molar-refractivity contribution in [2.45, 2.75) is 475 Å². The molecule has 0 aliphatic carbocycles. The summed E-state index contributed by atoms with van der Waals surface area (Å²) >= 11 is 0. The van der Waals surface area contributed by atoms with E-state index >= 15 is 0 Å². The maximum absolute atomic E-state index is 12.6. The van der Waals surface area contributed by atoms with Gasteiger partial charge in [0, 0.05) is 12.8 Å². The third kappa shape index (κ3) is 75.1. The number of rotatable bonds is 78. The van der Waals surface area contributed by atoms with Crippen molar-refractivity contribution in [2.75, 3.05) is 13.2 Å². The van der Waals surface area contributed by atoms with E-state index in [-0.39, 0.29) is 18.5 Å². The molecule has 0 heterocycles. The van der Waals surface area contributed by atoms with E-state index in [2.05, 4.69) is 55.6 Å². The number of carbonyl (C=O) groups excluding carboxylic acids is 2. The first-order chi connectivity index (χ1) is 44.5. The fourth-order valence-corrected chi connectivity index (χ4v) is 13.1. The lowest BCUT2D eigenvalue weighted by Gasteiger charge is -2.22. The number of ether oxygens (including phenoxy) is 1. The van der Waals surface area contributed by atoms with Crippen molar-refractivity contribution in [3.63, 3.8) is 0 Å². The Kier molecular flexibility index (Phi) is 77.8. The molecule has 0 aromatic heterocycles. The number of esters is 1. The molecule has 0 aromatic rings. The molecule has 0 aliphatic heterocycles. The summed E-state index contributed by atoms with van der Waals surface area (Å²) in [4.78, 5) is 24.7. The highest BCUT2D eigenvalue weighted by atomic mass is 16.5. The van der Waals surface area contributed by atoms with Gasteiger partial charge in [0.25, 0.3) is 0 Å². The summed E-state index contributed by atoms with van der Waals surface area (Å²) in [5, 5.41) is 23.5. The molecule has 3 N–H and O–H groups in total. The zero-order valence-electron chi connectivity index (χ0n) is 61.1. The standard InChI is InChI=1S/C84H161NO5/c1-3-5-7-9-11-13-15-17-19-21-23-24-25-35-38-41-44-48-52-56-60-64-68-72-76-82(87)81(80-86)85-83(88)77-73-69-65-61-57-53-49-45-42-39-36-33-31-29-27-26-28-30-32-34-37-40-43-47-51-55-59-63-67-71-75-79-90-84(89)78-74-70-66-62-58-54-50-46-22-20-18-16-14-12-10-8-6-4-2/h20,22,28,30,34,37,81-82,86-87H,3-19,21,23-27,29,31-33,35-36,38-80H2,1-2H3,(H,85,88)/b22-20-,30-28-,37-34-. The van der Waals surface area contributed by atoms with Gasteiger partial charge in [0.15, 0.2) is 0 Å². The number of nitrogens with one attached hydrogen (secondary N) is 1. The van der Waals surface area contributed by atoms with Crippen LogP contribution >= 0.6 is 0 Å². The molecular formula is C84H161NO5. The van der Waals surface area contributed by atoms with Gasteiger partial charge >= 0.3 is 5.97 Å². The van der Waals surface area contributed by atoms with Gasteiger partial charge in [0.05, 0.1) is 25.4 Å². The molecule has 0 saturated heterocycles. The molecular weight excluding hydrogens is 1100 g/mol. The van der Waals surface area contributed by atoms with Crippen LogP contribution in [0.15, 0.2) is 36.5 Å². The summed E-state index contributed by atoms with van der Waals surface area (Å²) in [5.41, 5.74) is 0. The lowest BCUT2D eigenvalue weighted by molar-refractivity contribution is -0.143. The maximum Gasteiger partial charge on any atom is 0.305 e. The highest BCUT2D eigenvalue weighted by molar-refractivity contribution is 5.76. The third-order valence-corrected chi connectivity index (χ3v) is 19.4. The fraction of sp³-hybridized carbons (Fsp3) is 0.905. The van der Waals surface area contributed by atoms with E-state index in [1.165, 1.54) is 379 Å². The molecule has 0 saturated carbocycles.